The van der Waals surface area contributed by atoms with Gasteiger partial charge in [0, 0.05) is 6.42 Å². The second-order valence-corrected chi connectivity index (χ2v) is 4.76. The van der Waals surface area contributed by atoms with E-state index in [1.807, 2.05) is 6.92 Å². The molecule has 3 unspecified atom stereocenters. The Bertz CT molecular complexity index is 126. The number of hydrogen-bond donors (Lipinski definition) is 0. The highest BCUT2D eigenvalue weighted by molar-refractivity contribution is 7.37. The van der Waals surface area contributed by atoms with Gasteiger partial charge >= 0.3 is 5.97 Å². The minimum atomic E-state index is -0.147. The van der Waals surface area contributed by atoms with Gasteiger partial charge in [-0.1, -0.05) is 38.7 Å². The van der Waals surface area contributed by atoms with Crippen LogP contribution in [-0.2, 0) is 9.53 Å². The van der Waals surface area contributed by atoms with Crippen molar-refractivity contribution in [2.75, 3.05) is 0 Å². The molecule has 0 spiro atoms. The molecule has 66 valence electrons. The summed E-state index contributed by atoms with van der Waals surface area (Å²) >= 11 is 0. The second-order valence-electron chi connectivity index (χ2n) is 2.67. The molecular formula is C7H16O2P2. The molecule has 0 heterocycles. The normalized spacial score (nSPS) is 13.2. The molecule has 3 atom stereocenters. The number of esters is 1. The van der Waals surface area contributed by atoms with Gasteiger partial charge < -0.3 is 4.74 Å². The van der Waals surface area contributed by atoms with Crippen molar-refractivity contribution in [3.63, 3.8) is 0 Å². The zero-order valence-electron chi connectivity index (χ0n) is 7.04. The van der Waals surface area contributed by atoms with Gasteiger partial charge in [0.2, 0.25) is 0 Å². The van der Waals surface area contributed by atoms with Gasteiger partial charge in [0.05, 0.1) is 0 Å². The zero-order chi connectivity index (χ0) is 8.85. The first-order valence-corrected chi connectivity index (χ1v) is 5.10. The minimum Gasteiger partial charge on any atom is -0.454 e. The molecule has 11 heavy (non-hydrogen) atoms. The summed E-state index contributed by atoms with van der Waals surface area (Å²) < 4.78 is 4.91. The third-order valence-corrected chi connectivity index (χ3v) is 1.75. The fourth-order valence-electron chi connectivity index (χ4n) is 0.629. The van der Waals surface area contributed by atoms with E-state index in [9.17, 15) is 4.79 Å². The monoisotopic (exact) mass is 194 g/mol. The predicted molar refractivity (Wildman–Crippen MR) is 53.4 cm³/mol. The van der Waals surface area contributed by atoms with Crippen molar-refractivity contribution >= 4 is 24.4 Å². The quantitative estimate of drug-likeness (QED) is 0.505. The molecule has 0 N–H and O–H groups in total. The van der Waals surface area contributed by atoms with Crippen LogP contribution >= 0.6 is 18.5 Å². The Morgan fingerprint density at radius 1 is 1.55 bits per heavy atom. The van der Waals surface area contributed by atoms with Crippen LogP contribution in [0.15, 0.2) is 0 Å². The maximum Gasteiger partial charge on any atom is 0.306 e. The molecule has 0 aliphatic rings. The van der Waals surface area contributed by atoms with E-state index in [2.05, 4.69) is 25.4 Å². The van der Waals surface area contributed by atoms with E-state index in [1.165, 1.54) is 0 Å². The van der Waals surface area contributed by atoms with Gasteiger partial charge in [-0.15, -0.1) is 0 Å². The average Bonchev–Trinajstić information content (AvgIpc) is 1.85. The summed E-state index contributed by atoms with van der Waals surface area (Å²) in [5, 5.41) is 0. The molecule has 0 bridgehead atoms. The van der Waals surface area contributed by atoms with Gasteiger partial charge in [-0.25, -0.2) is 0 Å². The molecule has 0 saturated heterocycles. The largest absolute Gasteiger partial charge is 0.454 e. The number of rotatable bonds is 4. The van der Waals surface area contributed by atoms with Gasteiger partial charge in [-0.05, 0) is 5.92 Å². The Hall–Kier alpha value is 0.330. The molecule has 0 rings (SSSR count). The van der Waals surface area contributed by atoms with Crippen LogP contribution in [0, 0.1) is 5.92 Å². The smallest absolute Gasteiger partial charge is 0.306 e. The first-order valence-electron chi connectivity index (χ1n) is 3.77. The number of carbonyl (C=O) groups is 1. The highest BCUT2D eigenvalue weighted by Gasteiger charge is 2.09. The maximum atomic E-state index is 11.0. The lowest BCUT2D eigenvalue weighted by Gasteiger charge is -2.10. The van der Waals surface area contributed by atoms with E-state index in [0.717, 1.165) is 6.42 Å². The van der Waals surface area contributed by atoms with Gasteiger partial charge in [0.15, 0.2) is 0 Å². The minimum absolute atomic E-state index is 0.116. The molecular weight excluding hydrogens is 178 g/mol. The summed E-state index contributed by atoms with van der Waals surface area (Å²) in [6.07, 6.45) is 1.54. The lowest BCUT2D eigenvalue weighted by Crippen LogP contribution is -2.10. The van der Waals surface area contributed by atoms with Crippen molar-refractivity contribution in [1.82, 2.24) is 0 Å². The number of ether oxygens (including phenoxy) is 1. The van der Waals surface area contributed by atoms with Crippen LogP contribution in [-0.4, -0.2) is 11.6 Å². The van der Waals surface area contributed by atoms with Crippen molar-refractivity contribution < 1.29 is 9.53 Å². The van der Waals surface area contributed by atoms with Crippen LogP contribution in [0.4, 0.5) is 0 Å². The van der Waals surface area contributed by atoms with Crippen molar-refractivity contribution in [2.45, 2.75) is 32.3 Å². The highest BCUT2D eigenvalue weighted by atomic mass is 31.1. The first-order chi connectivity index (χ1) is 5.06. The van der Waals surface area contributed by atoms with E-state index < -0.39 is 0 Å². The van der Waals surface area contributed by atoms with Crippen LogP contribution in [0.2, 0.25) is 0 Å². The van der Waals surface area contributed by atoms with Crippen LogP contribution in [0.1, 0.15) is 26.7 Å². The molecule has 0 saturated carbocycles. The van der Waals surface area contributed by atoms with Crippen molar-refractivity contribution in [2.24, 2.45) is 5.92 Å². The summed E-state index contributed by atoms with van der Waals surface area (Å²) in [5.74, 6) is 0.311. The summed E-state index contributed by atoms with van der Waals surface area (Å²) in [6, 6.07) is 0. The summed E-state index contributed by atoms with van der Waals surface area (Å²) in [5.41, 5.74) is -0.147. The van der Waals surface area contributed by atoms with E-state index in [1.54, 1.807) is 0 Å². The Kier molecular flexibility index (Phi) is 6.09. The summed E-state index contributed by atoms with van der Waals surface area (Å²) in [7, 11) is 4.80. The summed E-state index contributed by atoms with van der Waals surface area (Å²) in [6.45, 7) is 4.11. The molecule has 0 aromatic heterocycles. The van der Waals surface area contributed by atoms with Crippen molar-refractivity contribution in [3.8, 4) is 0 Å². The van der Waals surface area contributed by atoms with Crippen molar-refractivity contribution in [3.05, 3.63) is 0 Å². The van der Waals surface area contributed by atoms with Gasteiger partial charge in [0.25, 0.3) is 0 Å². The first kappa shape index (κ1) is 11.3. The second kappa shape index (κ2) is 5.91. The van der Waals surface area contributed by atoms with Crippen LogP contribution < -0.4 is 0 Å². The van der Waals surface area contributed by atoms with E-state index >= 15 is 0 Å². The predicted octanol–water partition coefficient (Wildman–Crippen LogP) is 2.00. The molecule has 0 fully saturated rings. The number of hydrogen-bond acceptors (Lipinski definition) is 2. The molecule has 0 amide bonds. The Balaban J connectivity index is 3.52. The summed E-state index contributed by atoms with van der Waals surface area (Å²) in [4.78, 5) is 11.0. The van der Waals surface area contributed by atoms with Gasteiger partial charge in [0.1, 0.15) is 5.59 Å². The maximum absolute atomic E-state index is 11.0. The van der Waals surface area contributed by atoms with E-state index in [0.29, 0.717) is 12.3 Å². The van der Waals surface area contributed by atoms with E-state index in [-0.39, 0.29) is 11.6 Å². The molecule has 0 aromatic carbocycles. The fraction of sp³-hybridized carbons (Fsp3) is 0.857. The van der Waals surface area contributed by atoms with Gasteiger partial charge in [-0.3, -0.25) is 4.79 Å². The lowest BCUT2D eigenvalue weighted by atomic mass is 10.1. The fourth-order valence-corrected chi connectivity index (χ4v) is 0.932. The van der Waals surface area contributed by atoms with Crippen molar-refractivity contribution in [1.29, 1.82) is 0 Å². The third kappa shape index (κ3) is 6.72. The molecule has 0 radical (unpaired) electrons. The van der Waals surface area contributed by atoms with Gasteiger partial charge in [-0.2, -0.15) is 0 Å². The molecule has 4 heteroatoms. The molecule has 0 aliphatic heterocycles. The highest BCUT2D eigenvalue weighted by Crippen LogP contribution is 2.14. The molecule has 0 aromatic rings. The SMILES string of the molecule is CCC(C)CC(=O)OC(P)P. The van der Waals surface area contributed by atoms with Crippen LogP contribution in [0.3, 0.4) is 0 Å². The Morgan fingerprint density at radius 2 is 2.09 bits per heavy atom. The zero-order valence-corrected chi connectivity index (χ0v) is 9.35. The van der Waals surface area contributed by atoms with E-state index in [4.69, 9.17) is 4.74 Å². The molecule has 0 aliphatic carbocycles. The van der Waals surface area contributed by atoms with Crippen LogP contribution in [0.5, 0.6) is 0 Å². The number of carbonyl (C=O) groups excluding carboxylic acids is 1. The lowest BCUT2D eigenvalue weighted by molar-refractivity contribution is -0.143. The molecule has 2 nitrogen and oxygen atoms in total. The standard InChI is InChI=1S/C7H16O2P2/c1-3-5(2)4-6(8)9-7(10)11/h5,7H,3-4,10-11H2,1-2H3. The van der Waals surface area contributed by atoms with Crippen LogP contribution in [0.25, 0.3) is 0 Å². The Morgan fingerprint density at radius 3 is 2.45 bits per heavy atom. The average molecular weight is 194 g/mol. The topological polar surface area (TPSA) is 26.3 Å². The third-order valence-electron chi connectivity index (χ3n) is 1.48. The Labute approximate surface area is 72.9 Å².